The molecule has 0 saturated heterocycles. The van der Waals surface area contributed by atoms with Gasteiger partial charge in [0.05, 0.1) is 10.2 Å². The molecule has 0 saturated carbocycles. The molecule has 0 radical (unpaired) electrons. The van der Waals surface area contributed by atoms with E-state index in [0.717, 1.165) is 10.2 Å². The van der Waals surface area contributed by atoms with E-state index in [2.05, 4.69) is 25.9 Å². The number of amides is 3. The Hall–Kier alpha value is -3.69. The summed E-state index contributed by atoms with van der Waals surface area (Å²) in [6.45, 7) is 0. The number of rotatable bonds is 5. The van der Waals surface area contributed by atoms with Crippen LogP contribution in [0.15, 0.2) is 60.8 Å². The van der Waals surface area contributed by atoms with Crippen molar-refractivity contribution in [2.24, 2.45) is 0 Å². The molecule has 3 N–H and O–H groups in total. The number of fused-ring (bicyclic) bond motifs is 1. The minimum atomic E-state index is -0.406. The summed E-state index contributed by atoms with van der Waals surface area (Å²) < 4.78 is 6.68. The van der Waals surface area contributed by atoms with E-state index in [0.29, 0.717) is 27.3 Å². The molecule has 4 aromatic rings. The smallest absolute Gasteiger partial charge is 0.325 e. The summed E-state index contributed by atoms with van der Waals surface area (Å²) in [6, 6.07) is 15.0. The number of nitrogens with zero attached hydrogens (tertiary/aromatic N) is 2. The molecule has 8 nitrogen and oxygen atoms in total. The van der Waals surface area contributed by atoms with Gasteiger partial charge in [-0.05, 0) is 42.5 Å². The molecule has 10 heteroatoms. The molecule has 0 bridgehead atoms. The number of aromatic nitrogens is 2. The van der Waals surface area contributed by atoms with Crippen LogP contribution in [0.2, 0.25) is 5.02 Å². The lowest BCUT2D eigenvalue weighted by atomic mass is 10.3. The number of hydrogen-bond donors (Lipinski definition) is 3. The Morgan fingerprint density at radius 3 is 2.55 bits per heavy atom. The number of carbonyl (C=O) groups is 2. The Morgan fingerprint density at radius 2 is 1.77 bits per heavy atom. The molecule has 0 fully saturated rings. The van der Waals surface area contributed by atoms with E-state index in [1.165, 1.54) is 24.6 Å². The van der Waals surface area contributed by atoms with Crippen LogP contribution in [-0.2, 0) is 0 Å². The third kappa shape index (κ3) is 5.08. The third-order valence-electron chi connectivity index (χ3n) is 4.11. The average Bonchev–Trinajstić information content (AvgIpc) is 3.16. The van der Waals surface area contributed by atoms with Crippen LogP contribution in [0.5, 0.6) is 11.5 Å². The van der Waals surface area contributed by atoms with Crippen molar-refractivity contribution in [3.63, 3.8) is 0 Å². The van der Waals surface area contributed by atoms with Crippen molar-refractivity contribution in [2.75, 3.05) is 17.7 Å². The van der Waals surface area contributed by atoms with Gasteiger partial charge in [-0.25, -0.2) is 9.78 Å². The predicted molar refractivity (Wildman–Crippen MR) is 121 cm³/mol. The van der Waals surface area contributed by atoms with Gasteiger partial charge in [-0.2, -0.15) is 0 Å². The largest absolute Gasteiger partial charge is 0.457 e. The second-order valence-corrected chi connectivity index (χ2v) is 7.76. The molecule has 2 aromatic heterocycles. The second-order valence-electron chi connectivity index (χ2n) is 6.29. The van der Waals surface area contributed by atoms with E-state index in [-0.39, 0.29) is 11.6 Å². The van der Waals surface area contributed by atoms with E-state index in [4.69, 9.17) is 16.3 Å². The summed E-state index contributed by atoms with van der Waals surface area (Å²) in [6.07, 6.45) is 1.51. The molecule has 0 unspecified atom stereocenters. The van der Waals surface area contributed by atoms with Gasteiger partial charge < -0.3 is 15.4 Å². The standard InChI is InChI=1S/C21H16ClN5O3S/c1-23-19(28)17-10-15(8-9-24-17)30-14-6-7-16-18(11-14)31-21(26-16)27-20(29)25-13-4-2-12(22)3-5-13/h2-11H,1H3,(H,23,28)(H2,25,26,27,29). The van der Waals surface area contributed by atoms with Crippen LogP contribution in [0, 0.1) is 0 Å². The molecule has 2 aromatic carbocycles. The number of halogens is 1. The molecule has 0 aliphatic carbocycles. The molecule has 0 aliphatic heterocycles. The molecule has 2 heterocycles. The van der Waals surface area contributed by atoms with Crippen molar-refractivity contribution in [1.29, 1.82) is 0 Å². The van der Waals surface area contributed by atoms with Gasteiger partial charge in [-0.1, -0.05) is 22.9 Å². The van der Waals surface area contributed by atoms with Gasteiger partial charge in [0.1, 0.15) is 17.2 Å². The van der Waals surface area contributed by atoms with Crippen molar-refractivity contribution in [3.05, 3.63) is 71.5 Å². The number of hydrogen-bond acceptors (Lipinski definition) is 6. The lowest BCUT2D eigenvalue weighted by molar-refractivity contribution is 0.0958. The molecular formula is C21H16ClN5O3S. The van der Waals surface area contributed by atoms with Crippen LogP contribution in [-0.4, -0.2) is 29.0 Å². The van der Waals surface area contributed by atoms with E-state index in [9.17, 15) is 9.59 Å². The van der Waals surface area contributed by atoms with E-state index in [1.807, 2.05) is 6.07 Å². The number of nitrogens with one attached hydrogen (secondary N) is 3. The number of urea groups is 1. The Morgan fingerprint density at radius 1 is 1.00 bits per heavy atom. The molecule has 3 amide bonds. The van der Waals surface area contributed by atoms with Crippen molar-refractivity contribution in [3.8, 4) is 11.5 Å². The highest BCUT2D eigenvalue weighted by molar-refractivity contribution is 7.22. The van der Waals surface area contributed by atoms with Gasteiger partial charge in [0.15, 0.2) is 5.13 Å². The van der Waals surface area contributed by atoms with Gasteiger partial charge in [0, 0.05) is 36.1 Å². The van der Waals surface area contributed by atoms with Crippen molar-refractivity contribution < 1.29 is 14.3 Å². The Bertz CT molecular complexity index is 1260. The van der Waals surface area contributed by atoms with Crippen LogP contribution < -0.4 is 20.7 Å². The average molecular weight is 454 g/mol. The zero-order valence-corrected chi connectivity index (χ0v) is 17.8. The van der Waals surface area contributed by atoms with Crippen LogP contribution in [0.25, 0.3) is 10.2 Å². The predicted octanol–water partition coefficient (Wildman–Crippen LogP) is 5.14. The van der Waals surface area contributed by atoms with Crippen molar-refractivity contribution in [2.45, 2.75) is 0 Å². The summed E-state index contributed by atoms with van der Waals surface area (Å²) >= 11 is 7.16. The number of benzene rings is 2. The minimum absolute atomic E-state index is 0.261. The zero-order chi connectivity index (χ0) is 21.8. The van der Waals surface area contributed by atoms with Crippen LogP contribution in [0.1, 0.15) is 10.5 Å². The highest BCUT2D eigenvalue weighted by Crippen LogP contribution is 2.31. The van der Waals surface area contributed by atoms with E-state index >= 15 is 0 Å². The number of thiazole rings is 1. The fourth-order valence-corrected chi connectivity index (χ4v) is 3.69. The monoisotopic (exact) mass is 453 g/mol. The fourth-order valence-electron chi connectivity index (χ4n) is 2.68. The lowest BCUT2D eigenvalue weighted by Gasteiger charge is -2.06. The van der Waals surface area contributed by atoms with Gasteiger partial charge in [0.2, 0.25) is 0 Å². The Labute approximate surface area is 186 Å². The number of carbonyl (C=O) groups excluding carboxylic acids is 2. The molecule has 0 atom stereocenters. The molecule has 0 aliphatic rings. The maximum Gasteiger partial charge on any atom is 0.325 e. The Kier molecular flexibility index (Phi) is 5.96. The second kappa shape index (κ2) is 8.99. The van der Waals surface area contributed by atoms with Gasteiger partial charge in [-0.3, -0.25) is 15.1 Å². The lowest BCUT2D eigenvalue weighted by Crippen LogP contribution is -2.19. The first kappa shape index (κ1) is 20.6. The molecule has 0 spiro atoms. The minimum Gasteiger partial charge on any atom is -0.457 e. The van der Waals surface area contributed by atoms with Gasteiger partial charge >= 0.3 is 6.03 Å². The van der Waals surface area contributed by atoms with Crippen LogP contribution in [0.4, 0.5) is 15.6 Å². The van der Waals surface area contributed by atoms with Crippen molar-refractivity contribution >= 4 is 55.9 Å². The van der Waals surface area contributed by atoms with Gasteiger partial charge in [0.25, 0.3) is 5.91 Å². The van der Waals surface area contributed by atoms with E-state index < -0.39 is 6.03 Å². The number of anilines is 2. The maximum atomic E-state index is 12.2. The summed E-state index contributed by atoms with van der Waals surface area (Å²) in [5.41, 5.74) is 1.60. The zero-order valence-electron chi connectivity index (χ0n) is 16.2. The summed E-state index contributed by atoms with van der Waals surface area (Å²) in [5, 5.41) is 9.00. The Balaban J connectivity index is 1.46. The fraction of sp³-hybridized carbons (Fsp3) is 0.0476. The third-order valence-corrected chi connectivity index (χ3v) is 5.29. The quantitative estimate of drug-likeness (QED) is 0.388. The van der Waals surface area contributed by atoms with E-state index in [1.54, 1.807) is 48.5 Å². The number of ether oxygens (including phenoxy) is 1. The SMILES string of the molecule is CNC(=O)c1cc(Oc2ccc3nc(NC(=O)Nc4ccc(Cl)cc4)sc3c2)ccn1. The van der Waals surface area contributed by atoms with Crippen LogP contribution in [0.3, 0.4) is 0 Å². The first-order valence-corrected chi connectivity index (χ1v) is 10.3. The molecule has 31 heavy (non-hydrogen) atoms. The number of pyridine rings is 1. The molecule has 156 valence electrons. The molecule has 4 rings (SSSR count). The summed E-state index contributed by atoms with van der Waals surface area (Å²) in [4.78, 5) is 32.4. The van der Waals surface area contributed by atoms with Crippen LogP contribution >= 0.6 is 22.9 Å². The first-order valence-electron chi connectivity index (χ1n) is 9.10. The first-order chi connectivity index (χ1) is 15.0. The molecular weight excluding hydrogens is 438 g/mol. The topological polar surface area (TPSA) is 105 Å². The highest BCUT2D eigenvalue weighted by Gasteiger charge is 2.11. The summed E-state index contributed by atoms with van der Waals surface area (Å²) in [5.74, 6) is 0.761. The van der Waals surface area contributed by atoms with Crippen molar-refractivity contribution in [1.82, 2.24) is 15.3 Å². The highest BCUT2D eigenvalue weighted by atomic mass is 35.5. The van der Waals surface area contributed by atoms with Gasteiger partial charge in [-0.15, -0.1) is 0 Å². The summed E-state index contributed by atoms with van der Waals surface area (Å²) in [7, 11) is 1.54. The normalized spacial score (nSPS) is 10.5. The maximum absolute atomic E-state index is 12.2.